The van der Waals surface area contributed by atoms with E-state index in [4.69, 9.17) is 9.97 Å². The Morgan fingerprint density at radius 1 is 0.903 bits per heavy atom. The van der Waals surface area contributed by atoms with Crippen molar-refractivity contribution in [2.75, 3.05) is 0 Å². The standard InChI is InChI=1S/C27H29N4/c1-17-11-18(2)19(3)22(12-17)27-23-13-21(9-10-24(23)30-16-31(27)4)26-15-28-25(14-29-26)20-7-5-6-8-20/h9-16,20H,5-8H2,1-4H3/q+1. The lowest BCUT2D eigenvalue weighted by Gasteiger charge is -2.13. The molecule has 4 heteroatoms. The van der Waals surface area contributed by atoms with Crippen LogP contribution >= 0.6 is 0 Å². The van der Waals surface area contributed by atoms with Gasteiger partial charge in [-0.2, -0.15) is 0 Å². The average Bonchev–Trinajstić information content (AvgIpc) is 3.31. The summed E-state index contributed by atoms with van der Waals surface area (Å²) < 4.78 is 2.13. The van der Waals surface area contributed by atoms with Gasteiger partial charge in [0, 0.05) is 23.2 Å². The van der Waals surface area contributed by atoms with E-state index in [9.17, 15) is 0 Å². The maximum Gasteiger partial charge on any atom is 0.287 e. The van der Waals surface area contributed by atoms with E-state index in [-0.39, 0.29) is 0 Å². The Bertz CT molecular complexity index is 1270. The van der Waals surface area contributed by atoms with Crippen LogP contribution in [0.3, 0.4) is 0 Å². The molecule has 2 heterocycles. The molecular weight excluding hydrogens is 380 g/mol. The van der Waals surface area contributed by atoms with Gasteiger partial charge in [0.15, 0.2) is 5.52 Å². The molecule has 156 valence electrons. The first-order valence-electron chi connectivity index (χ1n) is 11.2. The maximum atomic E-state index is 4.78. The second-order valence-electron chi connectivity index (χ2n) is 9.00. The highest BCUT2D eigenvalue weighted by molar-refractivity contribution is 5.94. The first-order chi connectivity index (χ1) is 15.0. The third-order valence-corrected chi connectivity index (χ3v) is 6.78. The molecule has 0 aliphatic heterocycles. The van der Waals surface area contributed by atoms with E-state index in [0.29, 0.717) is 5.92 Å². The zero-order chi connectivity index (χ0) is 21.5. The highest BCUT2D eigenvalue weighted by atomic mass is 15.0. The number of fused-ring (bicyclic) bond motifs is 1. The Morgan fingerprint density at radius 2 is 1.71 bits per heavy atom. The Balaban J connectivity index is 1.64. The van der Waals surface area contributed by atoms with Crippen molar-refractivity contribution in [3.8, 4) is 22.5 Å². The van der Waals surface area contributed by atoms with Crippen LogP contribution in [0.15, 0.2) is 49.1 Å². The number of benzene rings is 2. The first-order valence-corrected chi connectivity index (χ1v) is 11.2. The van der Waals surface area contributed by atoms with Crippen molar-refractivity contribution in [2.45, 2.75) is 52.4 Å². The fourth-order valence-electron chi connectivity index (χ4n) is 4.93. The van der Waals surface area contributed by atoms with Crippen molar-refractivity contribution in [3.05, 3.63) is 71.4 Å². The Kier molecular flexibility index (Phi) is 5.01. The van der Waals surface area contributed by atoms with Crippen LogP contribution in [0.5, 0.6) is 0 Å². The molecule has 5 rings (SSSR count). The molecule has 0 bridgehead atoms. The van der Waals surface area contributed by atoms with Crippen molar-refractivity contribution in [1.82, 2.24) is 15.0 Å². The van der Waals surface area contributed by atoms with Crippen molar-refractivity contribution in [3.63, 3.8) is 0 Å². The molecule has 4 nitrogen and oxygen atoms in total. The zero-order valence-electron chi connectivity index (χ0n) is 18.8. The van der Waals surface area contributed by atoms with Crippen LogP contribution in [0, 0.1) is 20.8 Å². The van der Waals surface area contributed by atoms with Crippen LogP contribution in [0.1, 0.15) is 54.0 Å². The van der Waals surface area contributed by atoms with Gasteiger partial charge in [0.1, 0.15) is 5.69 Å². The van der Waals surface area contributed by atoms with Gasteiger partial charge in [-0.3, -0.25) is 9.97 Å². The van der Waals surface area contributed by atoms with Gasteiger partial charge < -0.3 is 0 Å². The lowest BCUT2D eigenvalue weighted by molar-refractivity contribution is -0.662. The van der Waals surface area contributed by atoms with Gasteiger partial charge in [-0.1, -0.05) is 24.5 Å². The summed E-state index contributed by atoms with van der Waals surface area (Å²) in [4.78, 5) is 14.2. The Morgan fingerprint density at radius 3 is 2.45 bits per heavy atom. The topological polar surface area (TPSA) is 42.6 Å². The summed E-state index contributed by atoms with van der Waals surface area (Å²) in [5, 5.41) is 1.14. The van der Waals surface area contributed by atoms with Crippen molar-refractivity contribution >= 4 is 10.9 Å². The van der Waals surface area contributed by atoms with Gasteiger partial charge in [-0.05, 0) is 74.0 Å². The van der Waals surface area contributed by atoms with Crippen LogP contribution in [0.4, 0.5) is 0 Å². The summed E-state index contributed by atoms with van der Waals surface area (Å²) >= 11 is 0. The number of hydrogen-bond donors (Lipinski definition) is 0. The molecule has 0 spiro atoms. The van der Waals surface area contributed by atoms with Crippen molar-refractivity contribution < 1.29 is 4.57 Å². The van der Waals surface area contributed by atoms with Crippen LogP contribution < -0.4 is 4.57 Å². The van der Waals surface area contributed by atoms with Crippen LogP contribution in [-0.2, 0) is 7.05 Å². The third-order valence-electron chi connectivity index (χ3n) is 6.78. The van der Waals surface area contributed by atoms with Gasteiger partial charge in [-0.25, -0.2) is 4.57 Å². The average molecular weight is 410 g/mol. The number of nitrogens with zero attached hydrogens (tertiary/aromatic N) is 4. The molecule has 4 aromatic rings. The number of rotatable bonds is 3. The molecule has 2 aromatic heterocycles. The van der Waals surface area contributed by atoms with E-state index in [1.807, 2.05) is 18.7 Å². The SMILES string of the molecule is Cc1cc(C)c(C)c(-c2c3cc(-c4cnc(C5CCCC5)cn4)ccc3nc[n+]2C)c1. The van der Waals surface area contributed by atoms with E-state index in [0.717, 1.165) is 27.9 Å². The minimum absolute atomic E-state index is 0.584. The predicted molar refractivity (Wildman–Crippen MR) is 125 cm³/mol. The quantitative estimate of drug-likeness (QED) is 0.404. The second kappa shape index (κ2) is 7.84. The predicted octanol–water partition coefficient (Wildman–Crippen LogP) is 5.77. The minimum atomic E-state index is 0.584. The van der Waals surface area contributed by atoms with Crippen LogP contribution in [0.2, 0.25) is 0 Å². The molecule has 0 N–H and O–H groups in total. The van der Waals surface area contributed by atoms with Gasteiger partial charge in [0.25, 0.3) is 6.33 Å². The van der Waals surface area contributed by atoms with Crippen LogP contribution in [0.25, 0.3) is 33.4 Å². The molecule has 0 unspecified atom stereocenters. The highest BCUT2D eigenvalue weighted by Crippen LogP contribution is 2.34. The molecule has 0 atom stereocenters. The molecule has 1 saturated carbocycles. The van der Waals surface area contributed by atoms with Crippen LogP contribution in [-0.4, -0.2) is 15.0 Å². The summed E-state index contributed by atoms with van der Waals surface area (Å²) in [6.45, 7) is 6.54. The van der Waals surface area contributed by atoms with E-state index in [1.165, 1.54) is 53.6 Å². The molecule has 2 aromatic carbocycles. The van der Waals surface area contributed by atoms with E-state index in [1.54, 1.807) is 0 Å². The highest BCUT2D eigenvalue weighted by Gasteiger charge is 2.20. The molecular formula is C27H29N4+. The smallest absolute Gasteiger partial charge is 0.257 e. The first kappa shape index (κ1) is 19.8. The van der Waals surface area contributed by atoms with E-state index in [2.05, 4.69) is 67.7 Å². The van der Waals surface area contributed by atoms with Crippen molar-refractivity contribution in [2.24, 2.45) is 7.05 Å². The summed E-state index contributed by atoms with van der Waals surface area (Å²) in [5.41, 5.74) is 10.5. The number of aromatic nitrogens is 4. The van der Waals surface area contributed by atoms with E-state index >= 15 is 0 Å². The third kappa shape index (κ3) is 3.60. The fraction of sp³-hybridized carbons (Fsp3) is 0.333. The molecule has 0 amide bonds. The zero-order valence-corrected chi connectivity index (χ0v) is 18.8. The molecule has 1 aliphatic rings. The molecule has 0 saturated heterocycles. The molecule has 1 aliphatic carbocycles. The summed E-state index contributed by atoms with van der Waals surface area (Å²) in [6, 6.07) is 10.9. The van der Waals surface area contributed by atoms with Gasteiger partial charge >= 0.3 is 0 Å². The summed E-state index contributed by atoms with van der Waals surface area (Å²) in [7, 11) is 2.07. The Labute approximate surface area is 184 Å². The number of aryl methyl sites for hydroxylation is 3. The Hall–Kier alpha value is -3.14. The maximum absolute atomic E-state index is 4.78. The van der Waals surface area contributed by atoms with Gasteiger partial charge in [0.2, 0.25) is 0 Å². The molecule has 0 radical (unpaired) electrons. The minimum Gasteiger partial charge on any atom is -0.257 e. The summed E-state index contributed by atoms with van der Waals surface area (Å²) in [5.74, 6) is 0.584. The monoisotopic (exact) mass is 409 g/mol. The normalized spacial score (nSPS) is 14.5. The number of hydrogen-bond acceptors (Lipinski definition) is 3. The lowest BCUT2D eigenvalue weighted by atomic mass is 9.95. The van der Waals surface area contributed by atoms with E-state index < -0.39 is 0 Å². The molecule has 31 heavy (non-hydrogen) atoms. The molecule has 1 fully saturated rings. The second-order valence-corrected chi connectivity index (χ2v) is 9.00. The summed E-state index contributed by atoms with van der Waals surface area (Å²) in [6.07, 6.45) is 10.9. The van der Waals surface area contributed by atoms with Gasteiger partial charge in [0.05, 0.1) is 30.0 Å². The van der Waals surface area contributed by atoms with Crippen molar-refractivity contribution in [1.29, 1.82) is 0 Å². The lowest BCUT2D eigenvalue weighted by Crippen LogP contribution is -2.32. The fourth-order valence-corrected chi connectivity index (χ4v) is 4.93. The van der Waals surface area contributed by atoms with Gasteiger partial charge in [-0.15, -0.1) is 0 Å². The largest absolute Gasteiger partial charge is 0.287 e.